The van der Waals surface area contributed by atoms with Crippen LogP contribution in [0.5, 0.6) is 0 Å². The first-order chi connectivity index (χ1) is 11.4. The molecule has 0 fully saturated rings. The summed E-state index contributed by atoms with van der Waals surface area (Å²) in [6.45, 7) is 0.844. The fourth-order valence-electron chi connectivity index (χ4n) is 2.18. The van der Waals surface area contributed by atoms with E-state index in [1.54, 1.807) is 0 Å². The largest absolute Gasteiger partial charge is 0.298 e. The van der Waals surface area contributed by atoms with Crippen LogP contribution in [0.2, 0.25) is 0 Å². The van der Waals surface area contributed by atoms with Crippen molar-refractivity contribution in [2.45, 2.75) is 25.9 Å². The fraction of sp³-hybridized carbons (Fsp3) is 0.286. The third kappa shape index (κ3) is 2.74. The van der Waals surface area contributed by atoms with Crippen molar-refractivity contribution in [3.05, 3.63) is 51.9 Å². The zero-order valence-electron chi connectivity index (χ0n) is 12.3. The van der Waals surface area contributed by atoms with E-state index >= 15 is 0 Å². The highest BCUT2D eigenvalue weighted by Gasteiger charge is 2.22. The van der Waals surface area contributed by atoms with Gasteiger partial charge in [-0.05, 0) is 19.1 Å². The Labute approximate surface area is 132 Å². The van der Waals surface area contributed by atoms with Crippen LogP contribution in [0.3, 0.4) is 0 Å². The van der Waals surface area contributed by atoms with E-state index in [0.717, 1.165) is 23.7 Å². The summed E-state index contributed by atoms with van der Waals surface area (Å²) >= 11 is 0. The SMILES string of the molecule is CC(C(F)F)n1nnc2cn(Cc3c(F)cccc3F)nc2c1=O. The summed E-state index contributed by atoms with van der Waals surface area (Å²) in [6.07, 6.45) is -1.53. The number of hydrogen-bond donors (Lipinski definition) is 0. The van der Waals surface area contributed by atoms with Crippen molar-refractivity contribution in [1.29, 1.82) is 0 Å². The first-order valence-electron chi connectivity index (χ1n) is 6.92. The van der Waals surface area contributed by atoms with Crippen LogP contribution in [0.1, 0.15) is 18.5 Å². The van der Waals surface area contributed by atoms with Gasteiger partial charge in [-0.1, -0.05) is 11.3 Å². The molecule has 1 aromatic carbocycles. The summed E-state index contributed by atoms with van der Waals surface area (Å²) in [4.78, 5) is 12.2. The van der Waals surface area contributed by atoms with Crippen molar-refractivity contribution < 1.29 is 17.6 Å². The average Bonchev–Trinajstić information content (AvgIpc) is 2.94. The number of hydrogen-bond acceptors (Lipinski definition) is 4. The molecule has 10 heteroatoms. The van der Waals surface area contributed by atoms with Gasteiger partial charge >= 0.3 is 0 Å². The van der Waals surface area contributed by atoms with E-state index < -0.39 is 29.7 Å². The number of fused-ring (bicyclic) bond motifs is 1. The van der Waals surface area contributed by atoms with E-state index in [-0.39, 0.29) is 23.1 Å². The predicted octanol–water partition coefficient (Wildman–Crippen LogP) is 2.14. The van der Waals surface area contributed by atoms with Crippen LogP contribution in [-0.4, -0.2) is 31.2 Å². The second-order valence-electron chi connectivity index (χ2n) is 5.17. The minimum Gasteiger partial charge on any atom is -0.265 e. The molecular weight excluding hydrogens is 330 g/mol. The highest BCUT2D eigenvalue weighted by Crippen LogP contribution is 2.16. The summed E-state index contributed by atoms with van der Waals surface area (Å²) in [5, 5.41) is 11.0. The minimum absolute atomic E-state index is 0.0504. The molecule has 0 aliphatic heterocycles. The summed E-state index contributed by atoms with van der Waals surface area (Å²) in [5.41, 5.74) is -1.23. The van der Waals surface area contributed by atoms with E-state index in [1.807, 2.05) is 0 Å². The van der Waals surface area contributed by atoms with Crippen LogP contribution in [0.25, 0.3) is 11.0 Å². The van der Waals surface area contributed by atoms with Crippen LogP contribution in [-0.2, 0) is 6.54 Å². The van der Waals surface area contributed by atoms with Crippen LogP contribution in [0.15, 0.2) is 29.2 Å². The number of nitrogens with zero attached hydrogens (tertiary/aromatic N) is 5. The van der Waals surface area contributed by atoms with Crippen molar-refractivity contribution >= 4 is 11.0 Å². The third-order valence-electron chi connectivity index (χ3n) is 3.53. The van der Waals surface area contributed by atoms with Crippen molar-refractivity contribution in [2.75, 3.05) is 0 Å². The smallest absolute Gasteiger partial charge is 0.265 e. The standard InChI is InChI=1S/C14H11F4N5O/c1-7(13(17)18)23-14(24)12-11(19-21-23)6-22(20-12)5-8-9(15)3-2-4-10(8)16/h2-4,6-7,13H,5H2,1H3. The van der Waals surface area contributed by atoms with E-state index in [2.05, 4.69) is 15.4 Å². The Morgan fingerprint density at radius 3 is 2.50 bits per heavy atom. The summed E-state index contributed by atoms with van der Waals surface area (Å²) < 4.78 is 54.5. The van der Waals surface area contributed by atoms with Gasteiger partial charge in [0.2, 0.25) is 0 Å². The quantitative estimate of drug-likeness (QED) is 0.682. The maximum absolute atomic E-state index is 13.7. The molecule has 0 spiro atoms. The summed E-state index contributed by atoms with van der Waals surface area (Å²) in [5.74, 6) is -1.52. The molecular formula is C14H11F4N5O. The Morgan fingerprint density at radius 2 is 1.88 bits per heavy atom. The minimum atomic E-state index is -2.80. The van der Waals surface area contributed by atoms with Gasteiger partial charge in [0.05, 0.1) is 12.7 Å². The first-order valence-corrected chi connectivity index (χ1v) is 6.92. The molecule has 6 nitrogen and oxygen atoms in total. The van der Waals surface area contributed by atoms with Gasteiger partial charge in [0.1, 0.15) is 23.2 Å². The molecule has 0 aliphatic rings. The van der Waals surface area contributed by atoms with Gasteiger partial charge in [-0.15, -0.1) is 5.10 Å². The predicted molar refractivity (Wildman–Crippen MR) is 75.8 cm³/mol. The monoisotopic (exact) mass is 341 g/mol. The number of alkyl halides is 2. The van der Waals surface area contributed by atoms with Crippen LogP contribution >= 0.6 is 0 Å². The molecule has 2 heterocycles. The van der Waals surface area contributed by atoms with Crippen molar-refractivity contribution in [1.82, 2.24) is 24.8 Å². The van der Waals surface area contributed by atoms with E-state index in [0.29, 0.717) is 4.68 Å². The Balaban J connectivity index is 2.03. The summed E-state index contributed by atoms with van der Waals surface area (Å²) in [7, 11) is 0. The molecule has 0 radical (unpaired) electrons. The molecule has 0 N–H and O–H groups in total. The molecule has 1 unspecified atom stereocenters. The lowest BCUT2D eigenvalue weighted by atomic mass is 10.2. The number of benzene rings is 1. The normalized spacial score (nSPS) is 12.9. The first kappa shape index (κ1) is 16.1. The van der Waals surface area contributed by atoms with Crippen molar-refractivity contribution in [3.8, 4) is 0 Å². The topological polar surface area (TPSA) is 65.6 Å². The van der Waals surface area contributed by atoms with Crippen LogP contribution < -0.4 is 5.56 Å². The van der Waals surface area contributed by atoms with Gasteiger partial charge in [-0.25, -0.2) is 22.2 Å². The van der Waals surface area contributed by atoms with E-state index in [4.69, 9.17) is 0 Å². The van der Waals surface area contributed by atoms with Crippen molar-refractivity contribution in [2.24, 2.45) is 0 Å². The zero-order chi connectivity index (χ0) is 17.4. The van der Waals surface area contributed by atoms with Gasteiger partial charge in [0, 0.05) is 5.56 Å². The van der Waals surface area contributed by atoms with Crippen LogP contribution in [0.4, 0.5) is 17.6 Å². The van der Waals surface area contributed by atoms with Crippen LogP contribution in [0, 0.1) is 11.6 Å². The highest BCUT2D eigenvalue weighted by molar-refractivity contribution is 5.71. The molecule has 3 aromatic rings. The number of rotatable bonds is 4. The molecule has 0 aliphatic carbocycles. The van der Waals surface area contributed by atoms with Gasteiger partial charge in [0.15, 0.2) is 5.52 Å². The average molecular weight is 341 g/mol. The molecule has 0 amide bonds. The fourth-order valence-corrected chi connectivity index (χ4v) is 2.18. The molecule has 3 rings (SSSR count). The van der Waals surface area contributed by atoms with Gasteiger partial charge < -0.3 is 0 Å². The molecule has 126 valence electrons. The Bertz CT molecular complexity index is 932. The van der Waals surface area contributed by atoms with Crippen molar-refractivity contribution in [3.63, 3.8) is 0 Å². The van der Waals surface area contributed by atoms with Gasteiger partial charge in [-0.2, -0.15) is 5.10 Å². The lowest BCUT2D eigenvalue weighted by Gasteiger charge is -2.10. The Kier molecular flexibility index (Phi) is 4.04. The lowest BCUT2D eigenvalue weighted by Crippen LogP contribution is -2.30. The zero-order valence-corrected chi connectivity index (χ0v) is 12.3. The number of aromatic nitrogens is 5. The molecule has 0 saturated heterocycles. The maximum atomic E-state index is 13.7. The molecule has 1 atom stereocenters. The lowest BCUT2D eigenvalue weighted by molar-refractivity contribution is 0.0817. The third-order valence-corrected chi connectivity index (χ3v) is 3.53. The molecule has 2 aromatic heterocycles. The second kappa shape index (κ2) is 6.02. The Hall–Kier alpha value is -2.78. The molecule has 24 heavy (non-hydrogen) atoms. The molecule has 0 bridgehead atoms. The summed E-state index contributed by atoms with van der Waals surface area (Å²) in [6, 6.07) is 1.95. The van der Waals surface area contributed by atoms with Gasteiger partial charge in [0.25, 0.3) is 12.0 Å². The van der Waals surface area contributed by atoms with Gasteiger partial charge in [-0.3, -0.25) is 9.48 Å². The number of halogens is 4. The Morgan fingerprint density at radius 1 is 1.21 bits per heavy atom. The second-order valence-corrected chi connectivity index (χ2v) is 5.17. The molecule has 0 saturated carbocycles. The highest BCUT2D eigenvalue weighted by atomic mass is 19.3. The van der Waals surface area contributed by atoms with E-state index in [9.17, 15) is 22.4 Å². The maximum Gasteiger partial charge on any atom is 0.298 e. The van der Waals surface area contributed by atoms with E-state index in [1.165, 1.54) is 12.3 Å².